The summed E-state index contributed by atoms with van der Waals surface area (Å²) in [7, 11) is 0. The lowest BCUT2D eigenvalue weighted by Gasteiger charge is -2.22. The molecule has 0 radical (unpaired) electrons. The number of aromatic nitrogens is 3. The van der Waals surface area contributed by atoms with Crippen molar-refractivity contribution in [1.29, 1.82) is 0 Å². The van der Waals surface area contributed by atoms with Crippen molar-refractivity contribution in [3.05, 3.63) is 58.8 Å². The first-order valence-electron chi connectivity index (χ1n) is 8.68. The maximum absolute atomic E-state index is 12.4. The van der Waals surface area contributed by atoms with Crippen LogP contribution in [0.1, 0.15) is 48.5 Å². The summed E-state index contributed by atoms with van der Waals surface area (Å²) in [5, 5.41) is 2.81. The van der Waals surface area contributed by atoms with Crippen LogP contribution in [0.4, 0.5) is 5.69 Å². The van der Waals surface area contributed by atoms with Gasteiger partial charge in [-0.3, -0.25) is 14.3 Å². The highest BCUT2D eigenvalue weighted by Crippen LogP contribution is 2.29. The first-order chi connectivity index (χ1) is 12.2. The fourth-order valence-corrected chi connectivity index (χ4v) is 3.61. The van der Waals surface area contributed by atoms with Crippen LogP contribution in [0.25, 0.3) is 11.0 Å². The van der Waals surface area contributed by atoms with Gasteiger partial charge in [-0.05, 0) is 43.2 Å². The lowest BCUT2D eigenvalue weighted by molar-refractivity contribution is 0.102. The molecule has 0 atom stereocenters. The summed E-state index contributed by atoms with van der Waals surface area (Å²) in [5.41, 5.74) is 2.63. The van der Waals surface area contributed by atoms with Gasteiger partial charge in [0.05, 0.1) is 22.9 Å². The van der Waals surface area contributed by atoms with Gasteiger partial charge in [-0.1, -0.05) is 19.3 Å². The number of rotatable bonds is 3. The smallest absolute Gasteiger partial charge is 0.321 e. The van der Waals surface area contributed by atoms with E-state index in [9.17, 15) is 9.59 Å². The number of pyridine rings is 1. The van der Waals surface area contributed by atoms with Crippen molar-refractivity contribution >= 4 is 22.6 Å². The van der Waals surface area contributed by atoms with E-state index in [1.165, 1.54) is 6.42 Å². The minimum Gasteiger partial charge on any atom is -0.321 e. The van der Waals surface area contributed by atoms with Crippen LogP contribution in [0.3, 0.4) is 0 Å². The zero-order valence-electron chi connectivity index (χ0n) is 13.9. The monoisotopic (exact) mass is 336 g/mol. The Kier molecular flexibility index (Phi) is 4.09. The molecule has 1 fully saturated rings. The van der Waals surface area contributed by atoms with Gasteiger partial charge in [0, 0.05) is 17.8 Å². The van der Waals surface area contributed by atoms with Gasteiger partial charge in [-0.25, -0.2) is 4.79 Å². The van der Waals surface area contributed by atoms with Crippen LogP contribution in [-0.4, -0.2) is 20.4 Å². The summed E-state index contributed by atoms with van der Waals surface area (Å²) in [6.45, 7) is 0. The van der Waals surface area contributed by atoms with E-state index in [4.69, 9.17) is 0 Å². The van der Waals surface area contributed by atoms with Gasteiger partial charge in [0.25, 0.3) is 5.91 Å². The van der Waals surface area contributed by atoms with Gasteiger partial charge in [-0.2, -0.15) is 0 Å². The molecule has 1 aliphatic rings. The van der Waals surface area contributed by atoms with Crippen molar-refractivity contribution in [3.8, 4) is 0 Å². The van der Waals surface area contributed by atoms with E-state index in [1.807, 2.05) is 10.6 Å². The molecule has 2 N–H and O–H groups in total. The summed E-state index contributed by atoms with van der Waals surface area (Å²) >= 11 is 0. The molecule has 25 heavy (non-hydrogen) atoms. The topological polar surface area (TPSA) is 79.8 Å². The van der Waals surface area contributed by atoms with E-state index < -0.39 is 0 Å². The van der Waals surface area contributed by atoms with Crippen LogP contribution < -0.4 is 11.0 Å². The number of hydrogen-bond donors (Lipinski definition) is 2. The number of fused-ring (bicyclic) bond motifs is 1. The van der Waals surface area contributed by atoms with E-state index in [0.29, 0.717) is 16.8 Å². The van der Waals surface area contributed by atoms with Gasteiger partial charge in [0.1, 0.15) is 0 Å². The molecule has 6 nitrogen and oxygen atoms in total. The molecule has 0 spiro atoms. The highest BCUT2D eigenvalue weighted by atomic mass is 16.2. The molecule has 2 aromatic heterocycles. The highest BCUT2D eigenvalue weighted by Gasteiger charge is 2.20. The predicted octanol–water partition coefficient (Wildman–Crippen LogP) is 3.48. The van der Waals surface area contributed by atoms with Crippen LogP contribution >= 0.6 is 0 Å². The molecule has 1 amide bonds. The van der Waals surface area contributed by atoms with Crippen LogP contribution in [0.2, 0.25) is 0 Å². The second-order valence-corrected chi connectivity index (χ2v) is 6.52. The third-order valence-corrected chi connectivity index (χ3v) is 4.84. The Morgan fingerprint density at radius 1 is 1.20 bits per heavy atom. The molecule has 0 bridgehead atoms. The zero-order chi connectivity index (χ0) is 17.2. The molecule has 0 unspecified atom stereocenters. The Labute approximate surface area is 144 Å². The van der Waals surface area contributed by atoms with Gasteiger partial charge in [-0.15, -0.1) is 0 Å². The minimum atomic E-state index is -0.221. The molecule has 3 aromatic rings. The molecular formula is C19H20N4O2. The van der Waals surface area contributed by atoms with Crippen molar-refractivity contribution in [2.24, 2.45) is 0 Å². The predicted molar refractivity (Wildman–Crippen MR) is 96.9 cm³/mol. The highest BCUT2D eigenvalue weighted by molar-refractivity contribution is 6.05. The molecule has 6 heteroatoms. The summed E-state index contributed by atoms with van der Waals surface area (Å²) in [4.78, 5) is 31.7. The van der Waals surface area contributed by atoms with E-state index in [0.717, 1.165) is 31.2 Å². The number of nitrogens with one attached hydrogen (secondary N) is 2. The molecule has 0 saturated heterocycles. The number of amides is 1. The number of H-pyrrole nitrogens is 1. The number of aromatic amines is 1. The number of carbonyl (C=O) groups excluding carboxylic acids is 1. The Balaban J connectivity index is 1.65. The van der Waals surface area contributed by atoms with Crippen molar-refractivity contribution in [1.82, 2.24) is 14.5 Å². The molecule has 1 saturated carbocycles. The van der Waals surface area contributed by atoms with Crippen LogP contribution in [0.5, 0.6) is 0 Å². The Morgan fingerprint density at radius 3 is 2.80 bits per heavy atom. The fourth-order valence-electron chi connectivity index (χ4n) is 3.61. The molecule has 2 heterocycles. The minimum absolute atomic E-state index is 0.0910. The molecule has 0 aliphatic heterocycles. The van der Waals surface area contributed by atoms with Crippen LogP contribution in [-0.2, 0) is 0 Å². The van der Waals surface area contributed by atoms with Gasteiger partial charge in [0.2, 0.25) is 0 Å². The molecule has 1 aromatic carbocycles. The maximum Gasteiger partial charge on any atom is 0.326 e. The quantitative estimate of drug-likeness (QED) is 0.768. The van der Waals surface area contributed by atoms with E-state index in [1.54, 1.807) is 36.7 Å². The second kappa shape index (κ2) is 6.55. The van der Waals surface area contributed by atoms with Crippen LogP contribution in [0, 0.1) is 0 Å². The molecule has 1 aliphatic carbocycles. The number of imidazole rings is 1. The lowest BCUT2D eigenvalue weighted by Crippen LogP contribution is -2.23. The average molecular weight is 336 g/mol. The van der Waals surface area contributed by atoms with Crippen molar-refractivity contribution in [3.63, 3.8) is 0 Å². The SMILES string of the molecule is O=C(Nc1cccnc1)c1ccc2c(c1)[nH]c(=O)n2C1CCCCC1. The molecular weight excluding hydrogens is 316 g/mol. The number of benzene rings is 1. The summed E-state index contributed by atoms with van der Waals surface area (Å²) in [6, 6.07) is 9.17. The Bertz CT molecular complexity index is 952. The van der Waals surface area contributed by atoms with Crippen molar-refractivity contribution < 1.29 is 4.79 Å². The Morgan fingerprint density at radius 2 is 2.04 bits per heavy atom. The van der Waals surface area contributed by atoms with Gasteiger partial charge in [0.15, 0.2) is 0 Å². The van der Waals surface area contributed by atoms with Gasteiger partial charge >= 0.3 is 5.69 Å². The fraction of sp³-hybridized carbons (Fsp3) is 0.316. The second-order valence-electron chi connectivity index (χ2n) is 6.52. The maximum atomic E-state index is 12.4. The largest absolute Gasteiger partial charge is 0.326 e. The first kappa shape index (κ1) is 15.6. The van der Waals surface area contributed by atoms with E-state index >= 15 is 0 Å². The summed E-state index contributed by atoms with van der Waals surface area (Å²) in [5.74, 6) is -0.221. The van der Waals surface area contributed by atoms with Gasteiger partial charge < -0.3 is 10.3 Å². The van der Waals surface area contributed by atoms with Crippen molar-refractivity contribution in [2.45, 2.75) is 38.1 Å². The first-order valence-corrected chi connectivity index (χ1v) is 8.68. The number of hydrogen-bond acceptors (Lipinski definition) is 3. The third kappa shape index (κ3) is 3.07. The molecule has 128 valence electrons. The van der Waals surface area contributed by atoms with E-state index in [2.05, 4.69) is 15.3 Å². The van der Waals surface area contributed by atoms with Crippen LogP contribution in [0.15, 0.2) is 47.5 Å². The zero-order valence-corrected chi connectivity index (χ0v) is 13.9. The Hall–Kier alpha value is -2.89. The van der Waals surface area contributed by atoms with Crippen molar-refractivity contribution in [2.75, 3.05) is 5.32 Å². The average Bonchev–Trinajstić information content (AvgIpc) is 2.98. The third-order valence-electron chi connectivity index (χ3n) is 4.84. The van der Waals surface area contributed by atoms with E-state index in [-0.39, 0.29) is 17.6 Å². The number of anilines is 1. The number of carbonyl (C=O) groups is 1. The number of nitrogens with zero attached hydrogens (tertiary/aromatic N) is 2. The summed E-state index contributed by atoms with van der Waals surface area (Å²) in [6.07, 6.45) is 8.89. The lowest BCUT2D eigenvalue weighted by atomic mass is 9.95. The standard InChI is InChI=1S/C19H20N4O2/c24-18(21-14-5-4-10-20-12-14)13-8-9-17-16(11-13)22-19(25)23(17)15-6-2-1-3-7-15/h4-5,8-12,15H,1-3,6-7H2,(H,21,24)(H,22,25). The summed E-state index contributed by atoms with van der Waals surface area (Å²) < 4.78 is 1.86. The molecule has 4 rings (SSSR count). The normalized spacial score (nSPS) is 15.4.